The summed E-state index contributed by atoms with van der Waals surface area (Å²) in [5.74, 6) is 0.934. The largest absolute Gasteiger partial charge is 0.316 e. The first-order valence-corrected chi connectivity index (χ1v) is 6.42. The van der Waals surface area contributed by atoms with Crippen molar-refractivity contribution in [3.05, 3.63) is 0 Å². The maximum atomic E-state index is 14.4. The van der Waals surface area contributed by atoms with Crippen LogP contribution in [-0.2, 0) is 0 Å². The molecule has 0 aromatic rings. The van der Waals surface area contributed by atoms with Crippen molar-refractivity contribution < 1.29 is 4.39 Å². The molecule has 1 saturated heterocycles. The lowest BCUT2D eigenvalue weighted by Gasteiger charge is -2.34. The van der Waals surface area contributed by atoms with Crippen molar-refractivity contribution in [1.29, 1.82) is 0 Å². The van der Waals surface area contributed by atoms with E-state index in [-0.39, 0.29) is 5.92 Å². The van der Waals surface area contributed by atoms with Gasteiger partial charge in [0.15, 0.2) is 0 Å². The average molecular weight is 215 g/mol. The van der Waals surface area contributed by atoms with E-state index in [0.717, 1.165) is 45.2 Å². The van der Waals surface area contributed by atoms with Crippen LogP contribution in [0.25, 0.3) is 0 Å². The second kappa shape index (κ2) is 5.83. The van der Waals surface area contributed by atoms with Gasteiger partial charge in [0.25, 0.3) is 0 Å². The van der Waals surface area contributed by atoms with Gasteiger partial charge in [0.2, 0.25) is 0 Å². The molecule has 2 heteroatoms. The van der Waals surface area contributed by atoms with Gasteiger partial charge in [-0.25, -0.2) is 4.39 Å². The third-order valence-electron chi connectivity index (χ3n) is 3.60. The van der Waals surface area contributed by atoms with E-state index in [1.807, 2.05) is 0 Å². The van der Waals surface area contributed by atoms with Crippen LogP contribution in [0.3, 0.4) is 0 Å². The van der Waals surface area contributed by atoms with Crippen LogP contribution in [0, 0.1) is 11.8 Å². The SMILES string of the molecule is CC(C)CCCC(C)(F)C1CCCNC1. The highest BCUT2D eigenvalue weighted by atomic mass is 19.1. The topological polar surface area (TPSA) is 12.0 Å². The van der Waals surface area contributed by atoms with Crippen molar-refractivity contribution in [2.24, 2.45) is 11.8 Å². The second-order valence-electron chi connectivity index (χ2n) is 5.61. The molecule has 15 heavy (non-hydrogen) atoms. The van der Waals surface area contributed by atoms with Gasteiger partial charge in [-0.05, 0) is 38.6 Å². The van der Waals surface area contributed by atoms with E-state index in [4.69, 9.17) is 0 Å². The molecule has 2 unspecified atom stereocenters. The Balaban J connectivity index is 2.29. The lowest BCUT2D eigenvalue weighted by atomic mass is 9.81. The smallest absolute Gasteiger partial charge is 0.112 e. The van der Waals surface area contributed by atoms with E-state index >= 15 is 0 Å². The van der Waals surface area contributed by atoms with Crippen molar-refractivity contribution in [3.63, 3.8) is 0 Å². The third-order valence-corrected chi connectivity index (χ3v) is 3.60. The first-order valence-electron chi connectivity index (χ1n) is 6.42. The standard InChI is InChI=1S/C13H26FN/c1-11(2)6-4-8-13(3,14)12-7-5-9-15-10-12/h11-12,15H,4-10H2,1-3H3. The van der Waals surface area contributed by atoms with Gasteiger partial charge in [-0.1, -0.05) is 26.7 Å². The van der Waals surface area contributed by atoms with E-state index in [9.17, 15) is 4.39 Å². The number of hydrogen-bond acceptors (Lipinski definition) is 1. The molecule has 0 aromatic heterocycles. The van der Waals surface area contributed by atoms with Gasteiger partial charge in [-0.2, -0.15) is 0 Å². The number of halogens is 1. The molecule has 0 bridgehead atoms. The van der Waals surface area contributed by atoms with Gasteiger partial charge in [0, 0.05) is 12.5 Å². The summed E-state index contributed by atoms with van der Waals surface area (Å²) in [4.78, 5) is 0. The van der Waals surface area contributed by atoms with Gasteiger partial charge < -0.3 is 5.32 Å². The van der Waals surface area contributed by atoms with Gasteiger partial charge in [-0.3, -0.25) is 0 Å². The fourth-order valence-electron chi connectivity index (χ4n) is 2.43. The van der Waals surface area contributed by atoms with E-state index in [0.29, 0.717) is 5.92 Å². The zero-order valence-electron chi connectivity index (χ0n) is 10.5. The first-order chi connectivity index (χ1) is 7.02. The Morgan fingerprint density at radius 2 is 2.20 bits per heavy atom. The van der Waals surface area contributed by atoms with Crippen LogP contribution in [0.5, 0.6) is 0 Å². The summed E-state index contributed by atoms with van der Waals surface area (Å²) in [6.07, 6.45) is 5.11. The summed E-state index contributed by atoms with van der Waals surface area (Å²) in [6.45, 7) is 8.15. The number of rotatable bonds is 5. The lowest BCUT2D eigenvalue weighted by molar-refractivity contribution is 0.0699. The van der Waals surface area contributed by atoms with Crippen LogP contribution in [0.2, 0.25) is 0 Å². The summed E-state index contributed by atoms with van der Waals surface area (Å²) >= 11 is 0. The van der Waals surface area contributed by atoms with E-state index < -0.39 is 5.67 Å². The zero-order chi connectivity index (χ0) is 11.3. The molecule has 0 saturated carbocycles. The van der Waals surface area contributed by atoms with Crippen LogP contribution >= 0.6 is 0 Å². The van der Waals surface area contributed by atoms with Crippen molar-refractivity contribution >= 4 is 0 Å². The molecule has 0 radical (unpaired) electrons. The second-order valence-corrected chi connectivity index (χ2v) is 5.61. The predicted molar refractivity (Wildman–Crippen MR) is 63.8 cm³/mol. The minimum Gasteiger partial charge on any atom is -0.316 e. The normalized spacial score (nSPS) is 26.6. The van der Waals surface area contributed by atoms with E-state index in [2.05, 4.69) is 19.2 Å². The minimum absolute atomic E-state index is 0.235. The molecule has 0 spiro atoms. The van der Waals surface area contributed by atoms with Crippen molar-refractivity contribution in [1.82, 2.24) is 5.32 Å². The fourth-order valence-corrected chi connectivity index (χ4v) is 2.43. The Labute approximate surface area is 93.8 Å². The highest BCUT2D eigenvalue weighted by Crippen LogP contribution is 2.32. The summed E-state index contributed by atoms with van der Waals surface area (Å²) < 4.78 is 14.4. The highest BCUT2D eigenvalue weighted by Gasteiger charge is 2.34. The molecule has 0 amide bonds. The maximum Gasteiger partial charge on any atom is 0.112 e. The number of alkyl halides is 1. The van der Waals surface area contributed by atoms with E-state index in [1.165, 1.54) is 0 Å². The number of piperidine rings is 1. The van der Waals surface area contributed by atoms with Crippen LogP contribution < -0.4 is 5.32 Å². The molecular weight excluding hydrogens is 189 g/mol. The molecule has 1 fully saturated rings. The molecule has 2 atom stereocenters. The van der Waals surface area contributed by atoms with Crippen molar-refractivity contribution in [2.75, 3.05) is 13.1 Å². The molecule has 1 rings (SSSR count). The molecular formula is C13H26FN. The molecule has 0 aromatic carbocycles. The summed E-state index contributed by atoms with van der Waals surface area (Å²) in [5.41, 5.74) is -0.956. The Morgan fingerprint density at radius 3 is 2.73 bits per heavy atom. The van der Waals surface area contributed by atoms with Crippen molar-refractivity contribution in [3.8, 4) is 0 Å². The quantitative estimate of drug-likeness (QED) is 0.739. The maximum absolute atomic E-state index is 14.4. The molecule has 1 heterocycles. The fraction of sp³-hybridized carbons (Fsp3) is 1.00. The van der Waals surface area contributed by atoms with Crippen LogP contribution in [0.4, 0.5) is 4.39 Å². The van der Waals surface area contributed by atoms with Gasteiger partial charge in [0.05, 0.1) is 0 Å². The zero-order valence-corrected chi connectivity index (χ0v) is 10.5. The summed E-state index contributed by atoms with van der Waals surface area (Å²) in [7, 11) is 0. The monoisotopic (exact) mass is 215 g/mol. The molecule has 90 valence electrons. The van der Waals surface area contributed by atoms with Gasteiger partial charge in [0.1, 0.15) is 5.67 Å². The summed E-state index contributed by atoms with van der Waals surface area (Å²) in [5, 5.41) is 3.30. The molecule has 1 N–H and O–H groups in total. The van der Waals surface area contributed by atoms with E-state index in [1.54, 1.807) is 6.92 Å². The van der Waals surface area contributed by atoms with Crippen molar-refractivity contribution in [2.45, 2.75) is 58.5 Å². The first kappa shape index (κ1) is 13.0. The molecule has 1 aliphatic heterocycles. The Bertz CT molecular complexity index is 171. The average Bonchev–Trinajstić information content (AvgIpc) is 2.18. The lowest BCUT2D eigenvalue weighted by Crippen LogP contribution is -2.41. The Hall–Kier alpha value is -0.110. The molecule has 1 nitrogen and oxygen atoms in total. The summed E-state index contributed by atoms with van der Waals surface area (Å²) in [6, 6.07) is 0. The Morgan fingerprint density at radius 1 is 1.47 bits per heavy atom. The molecule has 1 aliphatic rings. The Kier molecular flexibility index (Phi) is 5.04. The number of nitrogens with one attached hydrogen (secondary N) is 1. The number of hydrogen-bond donors (Lipinski definition) is 1. The third kappa shape index (κ3) is 4.50. The predicted octanol–water partition coefficient (Wildman–Crippen LogP) is 3.54. The van der Waals surface area contributed by atoms with Gasteiger partial charge in [-0.15, -0.1) is 0 Å². The van der Waals surface area contributed by atoms with Crippen LogP contribution in [-0.4, -0.2) is 18.8 Å². The van der Waals surface area contributed by atoms with Gasteiger partial charge >= 0.3 is 0 Å². The van der Waals surface area contributed by atoms with Crippen LogP contribution in [0.1, 0.15) is 52.9 Å². The van der Waals surface area contributed by atoms with Crippen LogP contribution in [0.15, 0.2) is 0 Å². The molecule has 0 aliphatic carbocycles. The minimum atomic E-state index is -0.956. The highest BCUT2D eigenvalue weighted by molar-refractivity contribution is 4.86.